The van der Waals surface area contributed by atoms with Gasteiger partial charge in [0.05, 0.1) is 5.02 Å². The van der Waals surface area contributed by atoms with Gasteiger partial charge in [-0.15, -0.1) is 11.3 Å². The summed E-state index contributed by atoms with van der Waals surface area (Å²) >= 11 is 13.7. The molecule has 0 radical (unpaired) electrons. The summed E-state index contributed by atoms with van der Waals surface area (Å²) in [6, 6.07) is 5.94. The quantitative estimate of drug-likeness (QED) is 0.858. The van der Waals surface area contributed by atoms with Gasteiger partial charge in [0.1, 0.15) is 4.88 Å². The average Bonchev–Trinajstić information content (AvgIpc) is 2.78. The molecule has 3 nitrogen and oxygen atoms in total. The fraction of sp³-hybridized carbons (Fsp3) is 0.400. The van der Waals surface area contributed by atoms with Crippen LogP contribution in [0, 0.1) is 0 Å². The number of rotatable bonds is 2. The molecule has 1 aliphatic rings. The van der Waals surface area contributed by atoms with E-state index in [4.69, 9.17) is 28.9 Å². The molecule has 1 heterocycles. The van der Waals surface area contributed by atoms with E-state index in [2.05, 4.69) is 5.32 Å². The molecule has 1 aromatic carbocycles. The highest BCUT2D eigenvalue weighted by Crippen LogP contribution is 2.36. The Bertz CT molecular complexity index is 678. The molecule has 1 aromatic heterocycles. The number of amides is 1. The lowest BCUT2D eigenvalue weighted by Gasteiger charge is -2.26. The molecule has 0 aliphatic heterocycles. The molecule has 0 saturated heterocycles. The number of nitrogens with two attached hydrogens (primary N) is 1. The maximum Gasteiger partial charge on any atom is 0.263 e. The van der Waals surface area contributed by atoms with Crippen LogP contribution in [0.2, 0.25) is 10.0 Å². The Morgan fingerprint density at radius 2 is 1.95 bits per heavy atom. The molecule has 1 aliphatic carbocycles. The maximum absolute atomic E-state index is 12.4. The van der Waals surface area contributed by atoms with Gasteiger partial charge in [0.25, 0.3) is 5.91 Å². The number of hydrogen-bond acceptors (Lipinski definition) is 3. The van der Waals surface area contributed by atoms with Crippen molar-refractivity contribution in [3.05, 3.63) is 33.1 Å². The van der Waals surface area contributed by atoms with Crippen LogP contribution in [0.25, 0.3) is 10.1 Å². The molecule has 2 aromatic rings. The lowest BCUT2D eigenvalue weighted by Crippen LogP contribution is -2.40. The van der Waals surface area contributed by atoms with Crippen molar-refractivity contribution in [2.24, 2.45) is 5.73 Å². The highest BCUT2D eigenvalue weighted by atomic mass is 35.5. The summed E-state index contributed by atoms with van der Waals surface area (Å²) in [5, 5.41) is 5.11. The Morgan fingerprint density at radius 1 is 1.24 bits per heavy atom. The fourth-order valence-electron chi connectivity index (χ4n) is 2.70. The van der Waals surface area contributed by atoms with E-state index in [1.165, 1.54) is 11.3 Å². The van der Waals surface area contributed by atoms with E-state index in [1.54, 1.807) is 6.07 Å². The van der Waals surface area contributed by atoms with Crippen LogP contribution < -0.4 is 11.1 Å². The van der Waals surface area contributed by atoms with Crippen molar-refractivity contribution in [2.75, 3.05) is 0 Å². The van der Waals surface area contributed by atoms with E-state index in [1.807, 2.05) is 12.1 Å². The average molecular weight is 343 g/mol. The van der Waals surface area contributed by atoms with Crippen molar-refractivity contribution in [2.45, 2.75) is 37.8 Å². The van der Waals surface area contributed by atoms with Crippen LogP contribution in [0.5, 0.6) is 0 Å². The van der Waals surface area contributed by atoms with Crippen LogP contribution in [0.1, 0.15) is 35.4 Å². The third-order valence-corrected chi connectivity index (χ3v) is 5.80. The fourth-order valence-corrected chi connectivity index (χ4v) is 4.40. The molecule has 3 rings (SSSR count). The predicted molar refractivity (Wildman–Crippen MR) is 89.5 cm³/mol. The van der Waals surface area contributed by atoms with Crippen LogP contribution in [0.15, 0.2) is 18.2 Å². The first kappa shape index (κ1) is 15.1. The third kappa shape index (κ3) is 3.19. The van der Waals surface area contributed by atoms with Crippen molar-refractivity contribution >= 4 is 50.5 Å². The van der Waals surface area contributed by atoms with Crippen LogP contribution in [-0.4, -0.2) is 18.0 Å². The largest absolute Gasteiger partial charge is 0.349 e. The van der Waals surface area contributed by atoms with Crippen molar-refractivity contribution in [1.82, 2.24) is 5.32 Å². The van der Waals surface area contributed by atoms with E-state index in [0.717, 1.165) is 35.8 Å². The van der Waals surface area contributed by atoms with Gasteiger partial charge in [-0.25, -0.2) is 0 Å². The molecule has 21 heavy (non-hydrogen) atoms. The first-order valence-electron chi connectivity index (χ1n) is 6.98. The number of thiophene rings is 1. The molecule has 1 fully saturated rings. The summed E-state index contributed by atoms with van der Waals surface area (Å²) in [5.74, 6) is -0.0993. The first-order chi connectivity index (χ1) is 10.0. The van der Waals surface area contributed by atoms with E-state index in [9.17, 15) is 4.79 Å². The molecule has 0 atom stereocenters. The highest BCUT2D eigenvalue weighted by molar-refractivity contribution is 7.21. The Labute approximate surface area is 137 Å². The van der Waals surface area contributed by atoms with Crippen LogP contribution >= 0.6 is 34.5 Å². The zero-order valence-corrected chi connectivity index (χ0v) is 13.7. The molecule has 1 saturated carbocycles. The molecule has 112 valence electrons. The number of fused-ring (bicyclic) bond motifs is 1. The van der Waals surface area contributed by atoms with E-state index in [-0.39, 0.29) is 18.0 Å². The molecular weight excluding hydrogens is 327 g/mol. The van der Waals surface area contributed by atoms with Crippen molar-refractivity contribution in [3.63, 3.8) is 0 Å². The summed E-state index contributed by atoms with van der Waals surface area (Å²) in [7, 11) is 0. The molecular formula is C15H16Cl2N2OS. The van der Waals surface area contributed by atoms with Gasteiger partial charge in [-0.2, -0.15) is 0 Å². The zero-order valence-electron chi connectivity index (χ0n) is 11.4. The second-order valence-corrected chi connectivity index (χ2v) is 7.34. The minimum atomic E-state index is -0.0993. The standard InChI is InChI=1S/C15H16Cl2N2OS/c16-8-1-6-11-12(7-8)21-14(13(11)17)15(20)19-10-4-2-9(18)3-5-10/h1,6-7,9-10H,2-5,18H2,(H,19,20). The summed E-state index contributed by atoms with van der Waals surface area (Å²) < 4.78 is 0.934. The second kappa shape index (κ2) is 6.13. The van der Waals surface area contributed by atoms with Crippen molar-refractivity contribution < 1.29 is 4.79 Å². The van der Waals surface area contributed by atoms with Gasteiger partial charge in [0, 0.05) is 27.2 Å². The van der Waals surface area contributed by atoms with Crippen molar-refractivity contribution in [3.8, 4) is 0 Å². The molecule has 3 N–H and O–H groups in total. The van der Waals surface area contributed by atoms with Gasteiger partial charge in [0.2, 0.25) is 0 Å². The molecule has 0 bridgehead atoms. The minimum absolute atomic E-state index is 0.0993. The summed E-state index contributed by atoms with van der Waals surface area (Å²) in [6.45, 7) is 0. The van der Waals surface area contributed by atoms with Crippen LogP contribution in [-0.2, 0) is 0 Å². The number of nitrogens with one attached hydrogen (secondary N) is 1. The van der Waals surface area contributed by atoms with Gasteiger partial charge in [0.15, 0.2) is 0 Å². The number of benzene rings is 1. The Hall–Kier alpha value is -0.810. The lowest BCUT2D eigenvalue weighted by molar-refractivity contribution is 0.0930. The monoisotopic (exact) mass is 342 g/mol. The number of hydrogen-bond donors (Lipinski definition) is 2. The normalized spacial score (nSPS) is 22.4. The predicted octanol–water partition coefficient (Wildman–Crippen LogP) is 4.21. The molecule has 0 spiro atoms. The third-order valence-electron chi connectivity index (χ3n) is 3.90. The van der Waals surface area contributed by atoms with Crippen LogP contribution in [0.3, 0.4) is 0 Å². The number of halogens is 2. The lowest BCUT2D eigenvalue weighted by atomic mass is 9.92. The summed E-state index contributed by atoms with van der Waals surface area (Å²) in [4.78, 5) is 13.0. The first-order valence-corrected chi connectivity index (χ1v) is 8.56. The zero-order chi connectivity index (χ0) is 15.0. The molecule has 1 amide bonds. The topological polar surface area (TPSA) is 55.1 Å². The van der Waals surface area contributed by atoms with Crippen molar-refractivity contribution in [1.29, 1.82) is 0 Å². The van der Waals surface area contributed by atoms with E-state index < -0.39 is 0 Å². The number of carbonyl (C=O) groups is 1. The van der Waals surface area contributed by atoms with Crippen LogP contribution in [0.4, 0.5) is 0 Å². The maximum atomic E-state index is 12.4. The molecule has 6 heteroatoms. The smallest absolute Gasteiger partial charge is 0.263 e. The van der Waals surface area contributed by atoms with Gasteiger partial charge in [-0.05, 0) is 37.8 Å². The summed E-state index contributed by atoms with van der Waals surface area (Å²) in [5.41, 5.74) is 5.88. The van der Waals surface area contributed by atoms with Gasteiger partial charge >= 0.3 is 0 Å². The Kier molecular flexibility index (Phi) is 4.41. The second-order valence-electron chi connectivity index (χ2n) is 5.47. The van der Waals surface area contributed by atoms with Gasteiger partial charge in [-0.1, -0.05) is 29.3 Å². The van der Waals surface area contributed by atoms with Gasteiger partial charge in [-0.3, -0.25) is 4.79 Å². The highest BCUT2D eigenvalue weighted by Gasteiger charge is 2.23. The van der Waals surface area contributed by atoms with Gasteiger partial charge < -0.3 is 11.1 Å². The number of carbonyl (C=O) groups excluding carboxylic acids is 1. The SMILES string of the molecule is NC1CCC(NC(=O)c2sc3cc(Cl)ccc3c2Cl)CC1. The van der Waals surface area contributed by atoms with E-state index in [0.29, 0.717) is 14.9 Å². The van der Waals surface area contributed by atoms with E-state index >= 15 is 0 Å². The Balaban J connectivity index is 1.80. The minimum Gasteiger partial charge on any atom is -0.349 e. The Morgan fingerprint density at radius 3 is 2.67 bits per heavy atom. The molecule has 0 unspecified atom stereocenters. The summed E-state index contributed by atoms with van der Waals surface area (Å²) in [6.07, 6.45) is 3.78.